The van der Waals surface area contributed by atoms with Crippen LogP contribution < -0.4 is 4.74 Å². The van der Waals surface area contributed by atoms with Crippen molar-refractivity contribution in [2.24, 2.45) is 0 Å². The van der Waals surface area contributed by atoms with Crippen molar-refractivity contribution in [3.63, 3.8) is 0 Å². The molecule has 0 amide bonds. The highest BCUT2D eigenvalue weighted by Gasteiger charge is 2.27. The predicted molar refractivity (Wildman–Crippen MR) is 79.0 cm³/mol. The molecule has 1 aliphatic rings. The molecule has 1 heteroatoms. The maximum absolute atomic E-state index is 5.71. The molecule has 0 unspecified atom stereocenters. The molecule has 0 fully saturated rings. The third-order valence-electron chi connectivity index (χ3n) is 3.96. The quantitative estimate of drug-likeness (QED) is 0.205. The van der Waals surface area contributed by atoms with Gasteiger partial charge in [-0.1, -0.05) is 48.5 Å². The van der Waals surface area contributed by atoms with E-state index in [9.17, 15) is 0 Å². The zero-order chi connectivity index (χ0) is 12.4. The first-order valence-electron chi connectivity index (χ1n) is 6.47. The molecule has 4 aromatic carbocycles. The van der Waals surface area contributed by atoms with Crippen molar-refractivity contribution in [1.82, 2.24) is 0 Å². The van der Waals surface area contributed by atoms with E-state index in [0.717, 1.165) is 11.5 Å². The van der Waals surface area contributed by atoms with E-state index in [1.807, 2.05) is 0 Å². The molecule has 19 heavy (non-hydrogen) atoms. The van der Waals surface area contributed by atoms with E-state index >= 15 is 0 Å². The molecule has 0 spiro atoms. The van der Waals surface area contributed by atoms with Crippen molar-refractivity contribution in [3.05, 3.63) is 60.7 Å². The van der Waals surface area contributed by atoms with Crippen LogP contribution in [0.3, 0.4) is 0 Å². The lowest BCUT2D eigenvalue weighted by Gasteiger charge is -2.03. The SMILES string of the molecule is c1ccc2cc3c(cc2c1)c1c(c2ccccc23)O1. The van der Waals surface area contributed by atoms with Crippen molar-refractivity contribution in [3.8, 4) is 11.5 Å². The van der Waals surface area contributed by atoms with Crippen LogP contribution >= 0.6 is 0 Å². The third kappa shape index (κ3) is 1.14. The van der Waals surface area contributed by atoms with Crippen LogP contribution in [0.1, 0.15) is 0 Å². The van der Waals surface area contributed by atoms with Gasteiger partial charge in [0.15, 0.2) is 11.5 Å². The van der Waals surface area contributed by atoms with Crippen molar-refractivity contribution in [2.45, 2.75) is 0 Å². The van der Waals surface area contributed by atoms with Gasteiger partial charge in [-0.15, -0.1) is 0 Å². The fraction of sp³-hybridized carbons (Fsp3) is 0. The standard InChI is InChI=1S/C18H10O/c1-2-6-12-10-16-15(9-11(12)5-1)13-7-3-4-8-14(13)17-18(16)19-17/h1-10H. The van der Waals surface area contributed by atoms with Gasteiger partial charge in [0.05, 0.1) is 0 Å². The van der Waals surface area contributed by atoms with Crippen LogP contribution in [0.25, 0.3) is 32.3 Å². The molecule has 0 N–H and O–H groups in total. The third-order valence-corrected chi connectivity index (χ3v) is 3.96. The molecule has 0 atom stereocenters. The van der Waals surface area contributed by atoms with E-state index in [-0.39, 0.29) is 0 Å². The summed E-state index contributed by atoms with van der Waals surface area (Å²) >= 11 is 0. The van der Waals surface area contributed by atoms with Crippen LogP contribution in [-0.2, 0) is 0 Å². The van der Waals surface area contributed by atoms with Gasteiger partial charge in [0, 0.05) is 10.8 Å². The van der Waals surface area contributed by atoms with Crippen LogP contribution in [-0.4, -0.2) is 0 Å². The van der Waals surface area contributed by atoms with Crippen molar-refractivity contribution in [1.29, 1.82) is 0 Å². The predicted octanol–water partition coefficient (Wildman–Crippen LogP) is 5.25. The number of ether oxygens (including phenoxy) is 1. The van der Waals surface area contributed by atoms with Crippen LogP contribution in [0.15, 0.2) is 60.7 Å². The van der Waals surface area contributed by atoms with Gasteiger partial charge in [-0.3, -0.25) is 0 Å². The summed E-state index contributed by atoms with van der Waals surface area (Å²) in [4.78, 5) is 0. The summed E-state index contributed by atoms with van der Waals surface area (Å²) in [6, 6.07) is 21.5. The highest BCUT2D eigenvalue weighted by molar-refractivity contribution is 6.19. The maximum atomic E-state index is 5.71. The van der Waals surface area contributed by atoms with Gasteiger partial charge in [-0.05, 0) is 33.7 Å². The average molecular weight is 242 g/mol. The summed E-state index contributed by atoms with van der Waals surface area (Å²) in [5, 5.41) is 7.56. The minimum Gasteiger partial charge on any atom is -0.448 e. The number of benzene rings is 4. The highest BCUT2D eigenvalue weighted by atomic mass is 16.6. The zero-order valence-electron chi connectivity index (χ0n) is 10.2. The summed E-state index contributed by atoms with van der Waals surface area (Å²) in [5.41, 5.74) is 0. The molecular formula is C18H10O. The minimum absolute atomic E-state index is 1.05. The summed E-state index contributed by atoms with van der Waals surface area (Å²) in [7, 11) is 0. The largest absolute Gasteiger partial charge is 0.448 e. The van der Waals surface area contributed by atoms with Crippen LogP contribution in [0.2, 0.25) is 0 Å². The first-order chi connectivity index (χ1) is 9.42. The van der Waals surface area contributed by atoms with E-state index in [0.29, 0.717) is 0 Å². The Hall–Kier alpha value is -2.54. The van der Waals surface area contributed by atoms with E-state index in [4.69, 9.17) is 4.74 Å². The van der Waals surface area contributed by atoms with Gasteiger partial charge in [0.25, 0.3) is 0 Å². The van der Waals surface area contributed by atoms with Crippen molar-refractivity contribution < 1.29 is 4.74 Å². The Morgan fingerprint density at radius 2 is 1.11 bits per heavy atom. The second-order valence-corrected chi connectivity index (χ2v) is 5.05. The van der Waals surface area contributed by atoms with Gasteiger partial charge < -0.3 is 4.74 Å². The second kappa shape index (κ2) is 3.07. The van der Waals surface area contributed by atoms with Crippen molar-refractivity contribution in [2.75, 3.05) is 0 Å². The molecule has 88 valence electrons. The lowest BCUT2D eigenvalue weighted by Crippen LogP contribution is -1.76. The topological polar surface area (TPSA) is 12.5 Å². The lowest BCUT2D eigenvalue weighted by atomic mass is 9.98. The summed E-state index contributed by atoms with van der Waals surface area (Å²) in [6.45, 7) is 0. The Morgan fingerprint density at radius 3 is 1.89 bits per heavy atom. The summed E-state index contributed by atoms with van der Waals surface area (Å²) in [5.74, 6) is 2.11. The Balaban J connectivity index is 2.11. The average Bonchev–Trinajstić information content (AvgIpc) is 3.27. The molecule has 0 saturated heterocycles. The Kier molecular flexibility index (Phi) is 1.52. The first-order valence-corrected chi connectivity index (χ1v) is 6.47. The van der Waals surface area contributed by atoms with Crippen LogP contribution in [0.5, 0.6) is 11.5 Å². The Bertz CT molecular complexity index is 983. The maximum Gasteiger partial charge on any atom is 0.178 e. The van der Waals surface area contributed by atoms with Crippen molar-refractivity contribution >= 4 is 32.3 Å². The van der Waals surface area contributed by atoms with E-state index < -0.39 is 0 Å². The number of fused-ring (bicyclic) bond motifs is 7. The first kappa shape index (κ1) is 9.40. The second-order valence-electron chi connectivity index (χ2n) is 5.05. The van der Waals surface area contributed by atoms with Crippen LogP contribution in [0.4, 0.5) is 0 Å². The fourth-order valence-electron chi connectivity index (χ4n) is 3.00. The molecule has 0 saturated carbocycles. The molecule has 0 aromatic heterocycles. The molecule has 0 bridgehead atoms. The molecule has 0 radical (unpaired) electrons. The minimum atomic E-state index is 1.05. The van der Waals surface area contributed by atoms with Gasteiger partial charge >= 0.3 is 0 Å². The van der Waals surface area contributed by atoms with E-state index in [2.05, 4.69) is 60.7 Å². The van der Waals surface area contributed by atoms with Gasteiger partial charge in [-0.25, -0.2) is 0 Å². The molecule has 5 rings (SSSR count). The Morgan fingerprint density at radius 1 is 0.526 bits per heavy atom. The Labute approximate surface area is 110 Å². The number of rotatable bonds is 0. The van der Waals surface area contributed by atoms with E-state index in [1.54, 1.807) is 0 Å². The normalized spacial score (nSPS) is 12.6. The number of hydrogen-bond donors (Lipinski definition) is 0. The summed E-state index contributed by atoms with van der Waals surface area (Å²) in [6.07, 6.45) is 0. The molecular weight excluding hydrogens is 232 g/mol. The highest BCUT2D eigenvalue weighted by Crippen LogP contribution is 2.56. The monoisotopic (exact) mass is 242 g/mol. The van der Waals surface area contributed by atoms with Crippen LogP contribution in [0, 0.1) is 0 Å². The van der Waals surface area contributed by atoms with Gasteiger partial charge in [0.2, 0.25) is 0 Å². The molecule has 1 heterocycles. The van der Waals surface area contributed by atoms with Gasteiger partial charge in [0.1, 0.15) is 0 Å². The lowest BCUT2D eigenvalue weighted by molar-refractivity contribution is 0.657. The number of hydrogen-bond acceptors (Lipinski definition) is 1. The molecule has 0 aliphatic carbocycles. The molecule has 1 aliphatic heterocycles. The summed E-state index contributed by atoms with van der Waals surface area (Å²) < 4.78 is 5.71. The van der Waals surface area contributed by atoms with E-state index in [1.165, 1.54) is 32.3 Å². The smallest absolute Gasteiger partial charge is 0.178 e. The fourth-order valence-corrected chi connectivity index (χ4v) is 3.00. The van der Waals surface area contributed by atoms with Gasteiger partial charge in [-0.2, -0.15) is 0 Å². The molecule has 1 nitrogen and oxygen atoms in total. The molecule has 4 aromatic rings. The zero-order valence-corrected chi connectivity index (χ0v) is 10.2.